The minimum absolute atomic E-state index is 1.07. The SMILES string of the molecule is c1cc2ccc3ccc(CCCCn4cc[n+](CCCCc5ccc6ccc7cccc8ccc5c6c78)c4)c4ccc(c1)c2c34. The second-order valence-electron chi connectivity index (χ2n) is 13.0. The second kappa shape index (κ2) is 10.9. The van der Waals surface area contributed by atoms with Crippen molar-refractivity contribution in [3.63, 3.8) is 0 Å². The highest BCUT2D eigenvalue weighted by Crippen LogP contribution is 2.37. The van der Waals surface area contributed by atoms with Crippen LogP contribution in [0.3, 0.4) is 0 Å². The van der Waals surface area contributed by atoms with Crippen molar-refractivity contribution in [3.05, 3.63) is 139 Å². The molecule has 2 heteroatoms. The lowest BCUT2D eigenvalue weighted by molar-refractivity contribution is -0.696. The Labute approximate surface area is 263 Å². The molecule has 0 amide bonds. The average molecular weight is 582 g/mol. The Morgan fingerprint density at radius 1 is 0.444 bits per heavy atom. The first kappa shape index (κ1) is 26.5. The molecule has 1 aromatic heterocycles. The maximum atomic E-state index is 2.37. The van der Waals surface area contributed by atoms with E-state index in [0.717, 1.165) is 25.9 Å². The fourth-order valence-corrected chi connectivity index (χ4v) is 7.95. The molecular weight excluding hydrogens is 544 g/mol. The van der Waals surface area contributed by atoms with E-state index in [4.69, 9.17) is 0 Å². The van der Waals surface area contributed by atoms with Gasteiger partial charge in [-0.2, -0.15) is 0 Å². The van der Waals surface area contributed by atoms with Gasteiger partial charge in [0.2, 0.25) is 6.33 Å². The smallest absolute Gasteiger partial charge is 0.237 e. The zero-order chi connectivity index (χ0) is 29.7. The van der Waals surface area contributed by atoms with Crippen LogP contribution in [0.4, 0.5) is 0 Å². The number of benzene rings is 8. The highest BCUT2D eigenvalue weighted by Gasteiger charge is 2.13. The molecular formula is C43H37N2+. The molecule has 0 aliphatic heterocycles. The summed E-state index contributed by atoms with van der Waals surface area (Å²) in [5.41, 5.74) is 2.96. The maximum absolute atomic E-state index is 2.37. The maximum Gasteiger partial charge on any atom is 0.243 e. The van der Waals surface area contributed by atoms with Crippen LogP contribution in [0.2, 0.25) is 0 Å². The molecule has 0 spiro atoms. The first-order chi connectivity index (χ1) is 22.3. The molecule has 9 aromatic rings. The predicted molar refractivity (Wildman–Crippen MR) is 191 cm³/mol. The van der Waals surface area contributed by atoms with Gasteiger partial charge in [-0.15, -0.1) is 0 Å². The van der Waals surface area contributed by atoms with Gasteiger partial charge in [-0.05, 0) is 114 Å². The molecule has 0 radical (unpaired) electrons. The van der Waals surface area contributed by atoms with Gasteiger partial charge in [0.05, 0.1) is 13.1 Å². The Hall–Kier alpha value is -4.95. The standard InChI is InChI=1S/C43H37N2/c1(7-30-13-15-36-19-17-32-9-5-11-34-21-23-38(30)42(36)40(32)34)3-25-44-27-28-45(29-44)26-4-2-8-31-14-16-37-20-18-33-10-6-12-35-22-24-39(31)43(37)41(33)35/h5-6,9-24,27-29H,1-4,7-8,25-26H2/q+1. The third-order valence-electron chi connectivity index (χ3n) is 10.2. The lowest BCUT2D eigenvalue weighted by atomic mass is 9.90. The van der Waals surface area contributed by atoms with Crippen LogP contribution in [-0.4, -0.2) is 4.57 Å². The molecule has 2 nitrogen and oxygen atoms in total. The molecule has 0 aliphatic rings. The van der Waals surface area contributed by atoms with Crippen LogP contribution in [0.1, 0.15) is 36.8 Å². The van der Waals surface area contributed by atoms with Crippen molar-refractivity contribution < 1.29 is 4.57 Å². The van der Waals surface area contributed by atoms with Gasteiger partial charge in [-0.3, -0.25) is 0 Å². The lowest BCUT2D eigenvalue weighted by Gasteiger charge is -2.13. The average Bonchev–Trinajstić information content (AvgIpc) is 3.54. The summed E-state index contributed by atoms with van der Waals surface area (Å²) in [4.78, 5) is 0. The summed E-state index contributed by atoms with van der Waals surface area (Å²) >= 11 is 0. The Morgan fingerprint density at radius 2 is 0.911 bits per heavy atom. The van der Waals surface area contributed by atoms with Crippen LogP contribution in [-0.2, 0) is 25.9 Å². The molecule has 9 rings (SSSR count). The van der Waals surface area contributed by atoms with Crippen LogP contribution in [0.25, 0.3) is 64.6 Å². The number of nitrogens with zero attached hydrogens (tertiary/aromatic N) is 2. The Bertz CT molecular complexity index is 2240. The first-order valence-corrected chi connectivity index (χ1v) is 16.7. The number of hydrogen-bond donors (Lipinski definition) is 0. The van der Waals surface area contributed by atoms with E-state index >= 15 is 0 Å². The molecule has 0 N–H and O–H groups in total. The normalized spacial score (nSPS) is 12.3. The summed E-state index contributed by atoms with van der Waals surface area (Å²) < 4.78 is 4.73. The van der Waals surface area contributed by atoms with E-state index in [1.165, 1.54) is 101 Å². The first-order valence-electron chi connectivity index (χ1n) is 16.7. The zero-order valence-electron chi connectivity index (χ0n) is 25.7. The fourth-order valence-electron chi connectivity index (χ4n) is 7.95. The summed E-state index contributed by atoms with van der Waals surface area (Å²) in [7, 11) is 0. The van der Waals surface area contributed by atoms with Crippen molar-refractivity contribution in [3.8, 4) is 0 Å². The van der Waals surface area contributed by atoms with Crippen molar-refractivity contribution in [2.24, 2.45) is 0 Å². The van der Waals surface area contributed by atoms with Crippen LogP contribution >= 0.6 is 0 Å². The molecule has 0 unspecified atom stereocenters. The molecule has 45 heavy (non-hydrogen) atoms. The van der Waals surface area contributed by atoms with E-state index in [2.05, 4.69) is 137 Å². The minimum Gasteiger partial charge on any atom is -0.237 e. The van der Waals surface area contributed by atoms with E-state index in [9.17, 15) is 0 Å². The molecule has 1 heterocycles. The van der Waals surface area contributed by atoms with Crippen molar-refractivity contribution >= 4 is 64.6 Å². The minimum atomic E-state index is 1.07. The molecule has 0 bridgehead atoms. The molecule has 0 fully saturated rings. The Morgan fingerprint density at radius 3 is 1.47 bits per heavy atom. The topological polar surface area (TPSA) is 8.81 Å². The zero-order valence-corrected chi connectivity index (χ0v) is 25.7. The number of imidazole rings is 1. The van der Waals surface area contributed by atoms with E-state index in [1.807, 2.05) is 0 Å². The highest BCUT2D eigenvalue weighted by atomic mass is 15.1. The largest absolute Gasteiger partial charge is 0.243 e. The van der Waals surface area contributed by atoms with Gasteiger partial charge in [-0.1, -0.05) is 109 Å². The van der Waals surface area contributed by atoms with Gasteiger partial charge >= 0.3 is 0 Å². The Balaban J connectivity index is 0.810. The van der Waals surface area contributed by atoms with E-state index in [-0.39, 0.29) is 0 Å². The van der Waals surface area contributed by atoms with Crippen molar-refractivity contribution in [2.75, 3.05) is 0 Å². The van der Waals surface area contributed by atoms with Gasteiger partial charge in [0.15, 0.2) is 0 Å². The van der Waals surface area contributed by atoms with Gasteiger partial charge in [0.1, 0.15) is 12.4 Å². The number of aromatic nitrogens is 2. The molecule has 0 saturated heterocycles. The number of unbranched alkanes of at least 4 members (excludes halogenated alkanes) is 2. The molecule has 0 atom stereocenters. The third-order valence-corrected chi connectivity index (χ3v) is 10.2. The van der Waals surface area contributed by atoms with Crippen LogP contribution < -0.4 is 4.57 Å². The third kappa shape index (κ3) is 4.59. The second-order valence-corrected chi connectivity index (χ2v) is 13.0. The van der Waals surface area contributed by atoms with Crippen LogP contribution in [0.5, 0.6) is 0 Å². The molecule has 0 saturated carbocycles. The number of aryl methyl sites for hydroxylation is 4. The summed E-state index contributed by atoms with van der Waals surface area (Å²) in [6.07, 6.45) is 13.8. The Kier molecular flexibility index (Phi) is 6.40. The summed E-state index contributed by atoms with van der Waals surface area (Å²) in [6, 6.07) is 41.0. The number of rotatable bonds is 10. The predicted octanol–water partition coefficient (Wildman–Crippen LogP) is 10.6. The van der Waals surface area contributed by atoms with Crippen molar-refractivity contribution in [2.45, 2.75) is 51.6 Å². The van der Waals surface area contributed by atoms with Gasteiger partial charge in [0, 0.05) is 0 Å². The molecule has 0 aliphatic carbocycles. The summed E-state index contributed by atoms with van der Waals surface area (Å²) in [5.74, 6) is 0. The van der Waals surface area contributed by atoms with Crippen LogP contribution in [0, 0.1) is 0 Å². The van der Waals surface area contributed by atoms with Gasteiger partial charge in [-0.25, -0.2) is 9.13 Å². The van der Waals surface area contributed by atoms with Crippen molar-refractivity contribution in [1.29, 1.82) is 0 Å². The summed E-state index contributed by atoms with van der Waals surface area (Å²) in [6.45, 7) is 2.14. The van der Waals surface area contributed by atoms with Crippen molar-refractivity contribution in [1.82, 2.24) is 4.57 Å². The quantitative estimate of drug-likeness (QED) is 0.0863. The monoisotopic (exact) mass is 581 g/mol. The van der Waals surface area contributed by atoms with Gasteiger partial charge in [0.25, 0.3) is 0 Å². The highest BCUT2D eigenvalue weighted by molar-refractivity contribution is 6.24. The van der Waals surface area contributed by atoms with E-state index in [1.54, 1.807) is 0 Å². The van der Waals surface area contributed by atoms with Gasteiger partial charge < -0.3 is 0 Å². The van der Waals surface area contributed by atoms with E-state index in [0.29, 0.717) is 0 Å². The van der Waals surface area contributed by atoms with Crippen LogP contribution in [0.15, 0.2) is 128 Å². The van der Waals surface area contributed by atoms with E-state index < -0.39 is 0 Å². The lowest BCUT2D eigenvalue weighted by Crippen LogP contribution is -2.31. The molecule has 218 valence electrons. The molecule has 8 aromatic carbocycles. The number of hydrogen-bond acceptors (Lipinski definition) is 0. The summed E-state index contributed by atoms with van der Waals surface area (Å²) in [5, 5.41) is 16.7. The fraction of sp³-hybridized carbons (Fsp3) is 0.186.